The Morgan fingerprint density at radius 1 is 1.24 bits per heavy atom. The van der Waals surface area contributed by atoms with Crippen molar-refractivity contribution in [2.24, 2.45) is 5.92 Å². The fourth-order valence-electron chi connectivity index (χ4n) is 2.22. The van der Waals surface area contributed by atoms with E-state index in [9.17, 15) is 5.11 Å². The van der Waals surface area contributed by atoms with Crippen LogP contribution >= 0.6 is 0 Å². The fourth-order valence-corrected chi connectivity index (χ4v) is 2.22. The van der Waals surface area contributed by atoms with Crippen molar-refractivity contribution in [3.05, 3.63) is 18.2 Å². The Bertz CT molecular complexity index is 462. The van der Waals surface area contributed by atoms with Gasteiger partial charge in [0.2, 0.25) is 0 Å². The van der Waals surface area contributed by atoms with Gasteiger partial charge < -0.3 is 24.6 Å². The molecule has 1 saturated carbocycles. The van der Waals surface area contributed by atoms with Crippen molar-refractivity contribution in [1.29, 1.82) is 0 Å². The minimum atomic E-state index is -0.500. The SMILES string of the molecule is OC(CNc1ccc2c(c1)OCCCO2)COCC1CC1. The second kappa shape index (κ2) is 7.00. The molecule has 5 heteroatoms. The molecule has 1 atom stereocenters. The second-order valence-corrected chi connectivity index (χ2v) is 5.73. The monoisotopic (exact) mass is 293 g/mol. The van der Waals surface area contributed by atoms with Crippen molar-refractivity contribution < 1.29 is 19.3 Å². The van der Waals surface area contributed by atoms with Crippen LogP contribution in [0.5, 0.6) is 11.5 Å². The maximum Gasteiger partial charge on any atom is 0.163 e. The summed E-state index contributed by atoms with van der Waals surface area (Å²) in [6, 6.07) is 5.75. The van der Waals surface area contributed by atoms with Crippen molar-refractivity contribution >= 4 is 5.69 Å². The first-order valence-corrected chi connectivity index (χ1v) is 7.70. The molecule has 1 fully saturated rings. The van der Waals surface area contributed by atoms with Crippen molar-refractivity contribution in [3.63, 3.8) is 0 Å². The zero-order valence-corrected chi connectivity index (χ0v) is 12.2. The molecule has 21 heavy (non-hydrogen) atoms. The van der Waals surface area contributed by atoms with E-state index in [0.717, 1.165) is 36.1 Å². The predicted molar refractivity (Wildman–Crippen MR) is 80.1 cm³/mol. The van der Waals surface area contributed by atoms with E-state index in [4.69, 9.17) is 14.2 Å². The van der Waals surface area contributed by atoms with E-state index in [-0.39, 0.29) is 0 Å². The molecule has 1 aliphatic carbocycles. The summed E-state index contributed by atoms with van der Waals surface area (Å²) in [7, 11) is 0. The standard InChI is InChI=1S/C16H23NO4/c18-14(11-19-10-12-2-3-12)9-17-13-4-5-15-16(8-13)21-7-1-6-20-15/h4-5,8,12,14,17-18H,1-3,6-7,9-11H2. The number of fused-ring (bicyclic) bond motifs is 1. The Balaban J connectivity index is 1.44. The molecule has 0 radical (unpaired) electrons. The van der Waals surface area contributed by atoms with E-state index in [0.29, 0.717) is 26.4 Å². The molecule has 0 bridgehead atoms. The number of anilines is 1. The third-order valence-corrected chi connectivity index (χ3v) is 3.65. The van der Waals surface area contributed by atoms with Crippen LogP contribution in [0.2, 0.25) is 0 Å². The molecule has 2 aliphatic rings. The van der Waals surface area contributed by atoms with Crippen molar-refractivity contribution in [2.75, 3.05) is 38.3 Å². The van der Waals surface area contributed by atoms with Crippen LogP contribution in [0, 0.1) is 5.92 Å². The summed E-state index contributed by atoms with van der Waals surface area (Å²) in [5.41, 5.74) is 0.917. The van der Waals surface area contributed by atoms with Gasteiger partial charge in [0.25, 0.3) is 0 Å². The van der Waals surface area contributed by atoms with Crippen LogP contribution in [0.4, 0.5) is 5.69 Å². The fraction of sp³-hybridized carbons (Fsp3) is 0.625. The first-order chi connectivity index (χ1) is 10.3. The molecule has 0 spiro atoms. The molecule has 1 unspecified atom stereocenters. The molecule has 3 rings (SSSR count). The van der Waals surface area contributed by atoms with Gasteiger partial charge in [-0.05, 0) is 30.9 Å². The van der Waals surface area contributed by atoms with E-state index in [2.05, 4.69) is 5.32 Å². The van der Waals surface area contributed by atoms with Crippen LogP contribution in [0.15, 0.2) is 18.2 Å². The summed E-state index contributed by atoms with van der Waals surface area (Å²) >= 11 is 0. The number of hydrogen-bond acceptors (Lipinski definition) is 5. The van der Waals surface area contributed by atoms with Gasteiger partial charge in [-0.15, -0.1) is 0 Å². The lowest BCUT2D eigenvalue weighted by Crippen LogP contribution is -2.25. The van der Waals surface area contributed by atoms with E-state index < -0.39 is 6.10 Å². The smallest absolute Gasteiger partial charge is 0.163 e. The molecule has 116 valence electrons. The maximum atomic E-state index is 9.88. The van der Waals surface area contributed by atoms with Gasteiger partial charge in [0.1, 0.15) is 0 Å². The molecule has 1 heterocycles. The summed E-state index contributed by atoms with van der Waals surface area (Å²) < 4.78 is 16.7. The van der Waals surface area contributed by atoms with Gasteiger partial charge in [0, 0.05) is 31.3 Å². The molecular weight excluding hydrogens is 270 g/mol. The van der Waals surface area contributed by atoms with Crippen LogP contribution in [0.3, 0.4) is 0 Å². The van der Waals surface area contributed by atoms with Crippen LogP contribution in [-0.4, -0.2) is 44.2 Å². The van der Waals surface area contributed by atoms with E-state index in [1.165, 1.54) is 12.8 Å². The normalized spacial score (nSPS) is 18.9. The van der Waals surface area contributed by atoms with Crippen molar-refractivity contribution in [2.45, 2.75) is 25.4 Å². The molecule has 1 aliphatic heterocycles. The minimum absolute atomic E-state index is 0.383. The third kappa shape index (κ3) is 4.51. The number of nitrogens with one attached hydrogen (secondary N) is 1. The van der Waals surface area contributed by atoms with E-state index >= 15 is 0 Å². The summed E-state index contributed by atoms with van der Waals surface area (Å²) in [6.07, 6.45) is 2.94. The van der Waals surface area contributed by atoms with Crippen LogP contribution < -0.4 is 14.8 Å². The average Bonchev–Trinajstić information content (AvgIpc) is 3.31. The highest BCUT2D eigenvalue weighted by Gasteiger charge is 2.21. The Hall–Kier alpha value is -1.46. The highest BCUT2D eigenvalue weighted by atomic mass is 16.5. The molecule has 2 N–H and O–H groups in total. The molecule has 1 aromatic carbocycles. The molecule has 1 aromatic rings. The van der Waals surface area contributed by atoms with Gasteiger partial charge in [0.05, 0.1) is 25.9 Å². The first kappa shape index (κ1) is 14.5. The number of ether oxygens (including phenoxy) is 3. The van der Waals surface area contributed by atoms with Gasteiger partial charge in [-0.1, -0.05) is 0 Å². The number of rotatable bonds is 7. The highest BCUT2D eigenvalue weighted by molar-refractivity contribution is 5.55. The summed E-state index contributed by atoms with van der Waals surface area (Å²) in [6.45, 7) is 2.99. The van der Waals surface area contributed by atoms with Gasteiger partial charge >= 0.3 is 0 Å². The quantitative estimate of drug-likeness (QED) is 0.805. The number of aliphatic hydroxyl groups is 1. The largest absolute Gasteiger partial charge is 0.490 e. The zero-order valence-electron chi connectivity index (χ0n) is 12.2. The average molecular weight is 293 g/mol. The Morgan fingerprint density at radius 3 is 2.86 bits per heavy atom. The molecule has 5 nitrogen and oxygen atoms in total. The van der Waals surface area contributed by atoms with Crippen LogP contribution in [0.1, 0.15) is 19.3 Å². The van der Waals surface area contributed by atoms with Gasteiger partial charge in [0.15, 0.2) is 11.5 Å². The number of aliphatic hydroxyl groups excluding tert-OH is 1. The Morgan fingerprint density at radius 2 is 2.05 bits per heavy atom. The lowest BCUT2D eigenvalue weighted by atomic mass is 10.2. The first-order valence-electron chi connectivity index (χ1n) is 7.70. The van der Waals surface area contributed by atoms with Gasteiger partial charge in [-0.2, -0.15) is 0 Å². The van der Waals surface area contributed by atoms with E-state index in [1.807, 2.05) is 18.2 Å². The topological polar surface area (TPSA) is 60.0 Å². The van der Waals surface area contributed by atoms with Crippen molar-refractivity contribution in [1.82, 2.24) is 0 Å². The summed E-state index contributed by atoms with van der Waals surface area (Å²) in [4.78, 5) is 0. The zero-order chi connectivity index (χ0) is 14.5. The predicted octanol–water partition coefficient (Wildman–Crippen LogP) is 2.05. The Kier molecular flexibility index (Phi) is 4.83. The van der Waals surface area contributed by atoms with Crippen LogP contribution in [0.25, 0.3) is 0 Å². The van der Waals surface area contributed by atoms with Crippen molar-refractivity contribution in [3.8, 4) is 11.5 Å². The van der Waals surface area contributed by atoms with Gasteiger partial charge in [-0.25, -0.2) is 0 Å². The Labute approximate surface area is 125 Å². The maximum absolute atomic E-state index is 9.88. The summed E-state index contributed by atoms with van der Waals surface area (Å²) in [5, 5.41) is 13.1. The number of benzene rings is 1. The molecule has 0 aromatic heterocycles. The molecule has 0 amide bonds. The van der Waals surface area contributed by atoms with Gasteiger partial charge in [-0.3, -0.25) is 0 Å². The third-order valence-electron chi connectivity index (χ3n) is 3.65. The molecule has 0 saturated heterocycles. The minimum Gasteiger partial charge on any atom is -0.490 e. The number of hydrogen-bond donors (Lipinski definition) is 2. The highest BCUT2D eigenvalue weighted by Crippen LogP contribution is 2.32. The molecular formula is C16H23NO4. The lowest BCUT2D eigenvalue weighted by molar-refractivity contribution is 0.0386. The summed E-state index contributed by atoms with van der Waals surface area (Å²) in [5.74, 6) is 2.27. The van der Waals surface area contributed by atoms with Crippen LogP contribution in [-0.2, 0) is 4.74 Å². The lowest BCUT2D eigenvalue weighted by Gasteiger charge is -2.14. The second-order valence-electron chi connectivity index (χ2n) is 5.73. The van der Waals surface area contributed by atoms with E-state index in [1.54, 1.807) is 0 Å².